The Morgan fingerprint density at radius 1 is 1.14 bits per heavy atom. The van der Waals surface area contributed by atoms with Gasteiger partial charge in [-0.2, -0.15) is 9.78 Å². The molecular weight excluding hydrogens is 632 g/mol. The van der Waals surface area contributed by atoms with Crippen molar-refractivity contribution in [3.8, 4) is 22.9 Å². The monoisotopic (exact) mass is 664 g/mol. The second-order valence-electron chi connectivity index (χ2n) is 10.2. The first kappa shape index (κ1) is 32.3. The van der Waals surface area contributed by atoms with E-state index >= 15 is 0 Å². The van der Waals surface area contributed by atoms with Crippen molar-refractivity contribution in [2.24, 2.45) is 5.10 Å². The standard InChI is InChI=1S/C32H33BrN4O7/c1-7-42-28-13-19(5)24(16-23(28)18(3)4)30-35-26-12-10-9-11-22(26)31(38)36(30)34-17-21-14-25(33)29(27(15-21)37(40)41)44-20(6)32(39)43-8-2/h9-18,20H,7-8H2,1-6H3/t20-/m0/s1. The van der Waals surface area contributed by atoms with E-state index in [1.165, 1.54) is 23.9 Å². The van der Waals surface area contributed by atoms with Gasteiger partial charge in [-0.3, -0.25) is 14.9 Å². The Hall–Kier alpha value is -4.58. The lowest BCUT2D eigenvalue weighted by atomic mass is 9.96. The van der Waals surface area contributed by atoms with E-state index in [0.717, 1.165) is 16.9 Å². The Morgan fingerprint density at radius 3 is 2.52 bits per heavy atom. The smallest absolute Gasteiger partial charge is 0.347 e. The fourth-order valence-electron chi connectivity index (χ4n) is 4.61. The highest BCUT2D eigenvalue weighted by molar-refractivity contribution is 9.10. The highest BCUT2D eigenvalue weighted by atomic mass is 79.9. The average molecular weight is 666 g/mol. The molecule has 44 heavy (non-hydrogen) atoms. The van der Waals surface area contributed by atoms with E-state index in [2.05, 4.69) is 34.9 Å². The van der Waals surface area contributed by atoms with Crippen molar-refractivity contribution in [3.05, 3.63) is 90.2 Å². The van der Waals surface area contributed by atoms with E-state index in [1.807, 2.05) is 26.0 Å². The van der Waals surface area contributed by atoms with Crippen LogP contribution in [0.3, 0.4) is 0 Å². The topological polar surface area (TPSA) is 135 Å². The Balaban J connectivity index is 1.88. The molecule has 12 heteroatoms. The van der Waals surface area contributed by atoms with Gasteiger partial charge in [0.1, 0.15) is 5.75 Å². The summed E-state index contributed by atoms with van der Waals surface area (Å²) in [4.78, 5) is 42.0. The number of para-hydroxylation sites is 1. The van der Waals surface area contributed by atoms with Crippen LogP contribution in [0, 0.1) is 17.0 Å². The number of aryl methyl sites for hydroxylation is 1. The molecule has 4 rings (SSSR count). The number of hydrogen-bond donors (Lipinski definition) is 0. The third-order valence-electron chi connectivity index (χ3n) is 6.75. The molecule has 0 aliphatic carbocycles. The number of halogens is 1. The van der Waals surface area contributed by atoms with Crippen molar-refractivity contribution in [3.63, 3.8) is 0 Å². The van der Waals surface area contributed by atoms with Crippen LogP contribution in [0.2, 0.25) is 0 Å². The first-order valence-electron chi connectivity index (χ1n) is 14.1. The summed E-state index contributed by atoms with van der Waals surface area (Å²) in [6.07, 6.45) is 0.257. The number of fused-ring (bicyclic) bond motifs is 1. The molecule has 0 radical (unpaired) electrons. The zero-order valence-corrected chi connectivity index (χ0v) is 26.9. The largest absolute Gasteiger partial charge is 0.494 e. The lowest BCUT2D eigenvalue weighted by Crippen LogP contribution is -2.26. The van der Waals surface area contributed by atoms with E-state index in [-0.39, 0.29) is 22.7 Å². The van der Waals surface area contributed by atoms with Gasteiger partial charge in [-0.15, -0.1) is 0 Å². The predicted molar refractivity (Wildman–Crippen MR) is 172 cm³/mol. The fourth-order valence-corrected chi connectivity index (χ4v) is 5.17. The second-order valence-corrected chi connectivity index (χ2v) is 11.1. The summed E-state index contributed by atoms with van der Waals surface area (Å²) in [7, 11) is 0. The van der Waals surface area contributed by atoms with Crippen LogP contribution in [0.1, 0.15) is 57.2 Å². The number of nitro groups is 1. The molecule has 0 saturated carbocycles. The number of nitrogens with zero attached hydrogens (tertiary/aromatic N) is 4. The fraction of sp³-hybridized carbons (Fsp3) is 0.312. The average Bonchev–Trinajstić information content (AvgIpc) is 2.97. The van der Waals surface area contributed by atoms with E-state index in [4.69, 9.17) is 19.2 Å². The van der Waals surface area contributed by atoms with Crippen LogP contribution in [0.15, 0.2) is 62.9 Å². The van der Waals surface area contributed by atoms with Gasteiger partial charge in [0.2, 0.25) is 5.75 Å². The van der Waals surface area contributed by atoms with Crippen LogP contribution in [0.4, 0.5) is 5.69 Å². The van der Waals surface area contributed by atoms with Gasteiger partial charge in [-0.25, -0.2) is 9.78 Å². The van der Waals surface area contributed by atoms with E-state index < -0.39 is 28.2 Å². The lowest BCUT2D eigenvalue weighted by molar-refractivity contribution is -0.386. The van der Waals surface area contributed by atoms with Crippen molar-refractivity contribution >= 4 is 44.7 Å². The van der Waals surface area contributed by atoms with Gasteiger partial charge in [0.25, 0.3) is 5.56 Å². The maximum absolute atomic E-state index is 13.8. The van der Waals surface area contributed by atoms with Crippen LogP contribution in [-0.2, 0) is 9.53 Å². The van der Waals surface area contributed by atoms with Gasteiger partial charge < -0.3 is 14.2 Å². The van der Waals surface area contributed by atoms with Gasteiger partial charge >= 0.3 is 11.7 Å². The molecule has 0 unspecified atom stereocenters. The minimum atomic E-state index is -1.08. The summed E-state index contributed by atoms with van der Waals surface area (Å²) >= 11 is 3.32. The number of rotatable bonds is 11. The molecule has 3 aromatic carbocycles. The van der Waals surface area contributed by atoms with Crippen molar-refractivity contribution < 1.29 is 23.9 Å². The van der Waals surface area contributed by atoms with Crippen molar-refractivity contribution in [2.45, 2.75) is 53.6 Å². The number of hydrogen-bond acceptors (Lipinski definition) is 9. The van der Waals surface area contributed by atoms with Crippen molar-refractivity contribution in [2.75, 3.05) is 13.2 Å². The number of esters is 1. The van der Waals surface area contributed by atoms with Crippen LogP contribution < -0.4 is 15.0 Å². The molecule has 0 aliphatic rings. The number of carbonyl (C=O) groups is 1. The summed E-state index contributed by atoms with van der Waals surface area (Å²) in [5.74, 6) is 0.414. The van der Waals surface area contributed by atoms with Crippen LogP contribution in [-0.4, -0.2) is 46.1 Å². The Labute approximate surface area is 262 Å². The van der Waals surface area contributed by atoms with Gasteiger partial charge in [0.05, 0.1) is 39.7 Å². The van der Waals surface area contributed by atoms with Gasteiger partial charge in [0, 0.05) is 17.2 Å². The van der Waals surface area contributed by atoms with Gasteiger partial charge in [-0.05, 0) is 91.0 Å². The van der Waals surface area contributed by atoms with Crippen LogP contribution in [0.5, 0.6) is 11.5 Å². The number of aromatic nitrogens is 2. The number of carbonyl (C=O) groups excluding carboxylic acids is 1. The highest BCUT2D eigenvalue weighted by Crippen LogP contribution is 2.37. The number of nitro benzene ring substituents is 1. The molecule has 0 N–H and O–H groups in total. The summed E-state index contributed by atoms with van der Waals surface area (Å²) in [5.41, 5.74) is 2.49. The quantitative estimate of drug-likeness (QED) is 0.0741. The van der Waals surface area contributed by atoms with Gasteiger partial charge in [-0.1, -0.05) is 26.0 Å². The molecule has 0 amide bonds. The maximum atomic E-state index is 13.8. The molecule has 0 fully saturated rings. The SMILES string of the molecule is CCOC(=O)[C@H](C)Oc1c(Br)cc(C=Nn2c(-c3cc(C(C)C)c(OCC)cc3C)nc3ccccc3c2=O)cc1[N+](=O)[O-]. The van der Waals surface area contributed by atoms with Gasteiger partial charge in [0.15, 0.2) is 11.9 Å². The Kier molecular flexibility index (Phi) is 10.1. The third kappa shape index (κ3) is 6.80. The van der Waals surface area contributed by atoms with Crippen LogP contribution in [0.25, 0.3) is 22.3 Å². The predicted octanol–water partition coefficient (Wildman–Crippen LogP) is 6.78. The Morgan fingerprint density at radius 2 is 1.86 bits per heavy atom. The molecule has 4 aromatic rings. The molecule has 0 saturated heterocycles. The summed E-state index contributed by atoms with van der Waals surface area (Å²) in [5, 5.41) is 16.8. The summed E-state index contributed by atoms with van der Waals surface area (Å²) in [6.45, 7) is 11.7. The molecular formula is C32H33BrN4O7. The molecule has 1 aromatic heterocycles. The Bertz CT molecular complexity index is 1820. The van der Waals surface area contributed by atoms with Crippen molar-refractivity contribution in [1.82, 2.24) is 9.66 Å². The molecule has 0 bridgehead atoms. The molecule has 11 nitrogen and oxygen atoms in total. The first-order valence-corrected chi connectivity index (χ1v) is 14.9. The summed E-state index contributed by atoms with van der Waals surface area (Å²) < 4.78 is 17.9. The minimum absolute atomic E-state index is 0.130. The normalized spacial score (nSPS) is 12.1. The zero-order valence-electron chi connectivity index (χ0n) is 25.3. The van der Waals surface area contributed by atoms with E-state index in [1.54, 1.807) is 37.3 Å². The summed E-state index contributed by atoms with van der Waals surface area (Å²) in [6, 6.07) is 13.7. The van der Waals surface area contributed by atoms with E-state index in [0.29, 0.717) is 34.5 Å². The molecule has 0 aliphatic heterocycles. The number of ether oxygens (including phenoxy) is 3. The highest BCUT2D eigenvalue weighted by Gasteiger charge is 2.26. The number of benzene rings is 3. The first-order chi connectivity index (χ1) is 21.0. The zero-order chi connectivity index (χ0) is 32.1. The molecule has 1 heterocycles. The minimum Gasteiger partial charge on any atom is -0.494 e. The lowest BCUT2D eigenvalue weighted by Gasteiger charge is -2.18. The van der Waals surface area contributed by atoms with Crippen molar-refractivity contribution in [1.29, 1.82) is 0 Å². The molecule has 1 atom stereocenters. The third-order valence-corrected chi connectivity index (χ3v) is 7.34. The van der Waals surface area contributed by atoms with E-state index in [9.17, 15) is 19.7 Å². The second kappa shape index (κ2) is 13.8. The van der Waals surface area contributed by atoms with Crippen LogP contribution >= 0.6 is 15.9 Å². The maximum Gasteiger partial charge on any atom is 0.347 e. The molecule has 0 spiro atoms. The molecule has 230 valence electrons.